The molecular weight excluding hydrogens is 412 g/mol. The maximum absolute atomic E-state index is 12.8. The van der Waals surface area contributed by atoms with E-state index in [-0.39, 0.29) is 18.1 Å². The van der Waals surface area contributed by atoms with Crippen LogP contribution >= 0.6 is 11.3 Å². The number of pyridine rings is 2. The van der Waals surface area contributed by atoms with Gasteiger partial charge in [-0.25, -0.2) is 9.97 Å². The summed E-state index contributed by atoms with van der Waals surface area (Å²) in [6.45, 7) is 3.95. The fraction of sp³-hybridized carbons (Fsp3) is 0.364. The second-order valence-electron chi connectivity index (χ2n) is 7.94. The Bertz CT molecular complexity index is 1240. The molecule has 4 aromatic heterocycles. The number of aromatic nitrogens is 5. The minimum atomic E-state index is -0.106. The van der Waals surface area contributed by atoms with Crippen molar-refractivity contribution in [2.24, 2.45) is 0 Å². The molecule has 0 atom stereocenters. The Hall–Kier alpha value is -3.04. The van der Waals surface area contributed by atoms with Crippen molar-refractivity contribution in [2.45, 2.75) is 32.1 Å². The number of fused-ring (bicyclic) bond motifs is 1. The molecule has 1 saturated heterocycles. The lowest BCUT2D eigenvalue weighted by molar-refractivity contribution is 0.0987. The van der Waals surface area contributed by atoms with Crippen molar-refractivity contribution in [1.82, 2.24) is 30.0 Å². The number of rotatable bonds is 5. The van der Waals surface area contributed by atoms with Gasteiger partial charge in [0.2, 0.25) is 0 Å². The Kier molecular flexibility index (Phi) is 5.29. The zero-order chi connectivity index (χ0) is 21.4. The molecule has 0 aliphatic carbocycles. The van der Waals surface area contributed by atoms with Gasteiger partial charge in [0.25, 0.3) is 0 Å². The maximum Gasteiger partial charge on any atom is 0.197 e. The SMILES string of the molecule is Cc1nnc(-c2ccc3cnc(CC(=O)c4coc(C5CCN(C)CC5)n4)cc3n2)s1. The van der Waals surface area contributed by atoms with Crippen LogP contribution in [0.4, 0.5) is 0 Å². The average Bonchev–Trinajstić information content (AvgIpc) is 3.43. The predicted molar refractivity (Wildman–Crippen MR) is 117 cm³/mol. The largest absolute Gasteiger partial charge is 0.448 e. The minimum Gasteiger partial charge on any atom is -0.448 e. The van der Waals surface area contributed by atoms with Crippen molar-refractivity contribution >= 4 is 28.0 Å². The number of Topliss-reactive ketones (excluding diaryl/α,β-unsaturated/α-hetero) is 1. The van der Waals surface area contributed by atoms with E-state index in [1.807, 2.05) is 25.1 Å². The van der Waals surface area contributed by atoms with Crippen LogP contribution in [-0.2, 0) is 6.42 Å². The summed E-state index contributed by atoms with van der Waals surface area (Å²) in [5, 5.41) is 10.8. The molecule has 1 aliphatic heterocycles. The van der Waals surface area contributed by atoms with E-state index in [0.717, 1.165) is 52.5 Å². The molecule has 0 bridgehead atoms. The third-order valence-electron chi connectivity index (χ3n) is 5.59. The summed E-state index contributed by atoms with van der Waals surface area (Å²) in [4.78, 5) is 28.7. The standard InChI is InChI=1S/C22H22N6O2S/c1-13-26-27-22(31-13)17-4-3-15-11-23-16(9-18(15)24-17)10-20(29)19-12-30-21(25-19)14-5-7-28(2)8-6-14/h3-4,9,11-12,14H,5-8,10H2,1-2H3. The number of ketones is 1. The van der Waals surface area contributed by atoms with E-state index >= 15 is 0 Å². The molecule has 4 aromatic rings. The van der Waals surface area contributed by atoms with Gasteiger partial charge >= 0.3 is 0 Å². The summed E-state index contributed by atoms with van der Waals surface area (Å²) in [7, 11) is 2.12. The first-order valence-electron chi connectivity index (χ1n) is 10.3. The molecule has 5 rings (SSSR count). The number of nitrogens with zero attached hydrogens (tertiary/aromatic N) is 6. The van der Waals surface area contributed by atoms with Crippen LogP contribution in [0, 0.1) is 6.92 Å². The average molecular weight is 435 g/mol. The number of hydrogen-bond acceptors (Lipinski definition) is 9. The Labute approximate surface area is 183 Å². The van der Waals surface area contributed by atoms with Crippen molar-refractivity contribution in [3.63, 3.8) is 0 Å². The number of hydrogen-bond donors (Lipinski definition) is 0. The van der Waals surface area contributed by atoms with Gasteiger partial charge in [0.1, 0.15) is 22.7 Å². The lowest BCUT2D eigenvalue weighted by Crippen LogP contribution is -2.29. The van der Waals surface area contributed by atoms with Crippen LogP contribution in [0.1, 0.15) is 45.8 Å². The van der Waals surface area contributed by atoms with E-state index in [1.165, 1.54) is 17.6 Å². The Morgan fingerprint density at radius 1 is 1.23 bits per heavy atom. The summed E-state index contributed by atoms with van der Waals surface area (Å²) in [5.74, 6) is 0.843. The number of piperidine rings is 1. The number of carbonyl (C=O) groups excluding carboxylic acids is 1. The summed E-state index contributed by atoms with van der Waals surface area (Å²) >= 11 is 1.50. The number of oxazole rings is 1. The van der Waals surface area contributed by atoms with Gasteiger partial charge in [0.15, 0.2) is 16.7 Å². The summed E-state index contributed by atoms with van der Waals surface area (Å²) in [6.07, 6.45) is 5.37. The fourth-order valence-electron chi connectivity index (χ4n) is 3.79. The molecule has 0 unspecified atom stereocenters. The zero-order valence-corrected chi connectivity index (χ0v) is 18.2. The topological polar surface area (TPSA) is 97.9 Å². The third kappa shape index (κ3) is 4.24. The van der Waals surface area contributed by atoms with E-state index < -0.39 is 0 Å². The first-order chi connectivity index (χ1) is 15.0. The number of carbonyl (C=O) groups is 1. The highest BCUT2D eigenvalue weighted by molar-refractivity contribution is 7.14. The quantitative estimate of drug-likeness (QED) is 0.439. The molecule has 9 heteroatoms. The minimum absolute atomic E-state index is 0.106. The lowest BCUT2D eigenvalue weighted by atomic mass is 9.97. The summed E-state index contributed by atoms with van der Waals surface area (Å²) < 4.78 is 5.64. The molecule has 8 nitrogen and oxygen atoms in total. The fourth-order valence-corrected chi connectivity index (χ4v) is 4.45. The molecule has 0 N–H and O–H groups in total. The van der Waals surface area contributed by atoms with E-state index in [9.17, 15) is 4.79 Å². The second-order valence-corrected chi connectivity index (χ2v) is 9.12. The molecule has 0 radical (unpaired) electrons. The van der Waals surface area contributed by atoms with Gasteiger partial charge in [-0.15, -0.1) is 10.2 Å². The van der Waals surface area contributed by atoms with Crippen LogP contribution in [0.15, 0.2) is 35.1 Å². The number of aryl methyl sites for hydroxylation is 1. The van der Waals surface area contributed by atoms with Gasteiger partial charge in [-0.05, 0) is 58.1 Å². The van der Waals surface area contributed by atoms with Gasteiger partial charge < -0.3 is 9.32 Å². The third-order valence-corrected chi connectivity index (χ3v) is 6.45. The normalized spacial score (nSPS) is 15.5. The second kappa shape index (κ2) is 8.24. The molecular formula is C22H22N6O2S. The van der Waals surface area contributed by atoms with E-state index in [0.29, 0.717) is 17.3 Å². The Morgan fingerprint density at radius 2 is 2.06 bits per heavy atom. The predicted octanol–water partition coefficient (Wildman–Crippen LogP) is 3.68. The molecule has 0 saturated carbocycles. The van der Waals surface area contributed by atoms with Crippen molar-refractivity contribution in [2.75, 3.05) is 20.1 Å². The first kappa shape index (κ1) is 19.9. The highest BCUT2D eigenvalue weighted by Gasteiger charge is 2.24. The van der Waals surface area contributed by atoms with E-state index in [2.05, 4.69) is 37.1 Å². The summed E-state index contributed by atoms with van der Waals surface area (Å²) in [6, 6.07) is 5.72. The van der Waals surface area contributed by atoms with Gasteiger partial charge in [-0.2, -0.15) is 0 Å². The molecule has 1 aliphatic rings. The first-order valence-corrected chi connectivity index (χ1v) is 11.1. The monoisotopic (exact) mass is 434 g/mol. The maximum atomic E-state index is 12.8. The van der Waals surface area contributed by atoms with Crippen molar-refractivity contribution < 1.29 is 9.21 Å². The molecule has 31 heavy (non-hydrogen) atoms. The Balaban J connectivity index is 1.33. The van der Waals surface area contributed by atoms with Crippen molar-refractivity contribution in [1.29, 1.82) is 0 Å². The van der Waals surface area contributed by atoms with Gasteiger partial charge in [0.05, 0.1) is 17.6 Å². The highest BCUT2D eigenvalue weighted by Crippen LogP contribution is 2.27. The molecule has 0 spiro atoms. The van der Waals surface area contributed by atoms with Crippen LogP contribution in [0.3, 0.4) is 0 Å². The van der Waals surface area contributed by atoms with Gasteiger partial charge in [-0.3, -0.25) is 9.78 Å². The van der Waals surface area contributed by atoms with Crippen molar-refractivity contribution in [3.05, 3.63) is 52.9 Å². The molecule has 158 valence electrons. The molecule has 0 amide bonds. The molecule has 0 aromatic carbocycles. The van der Waals surface area contributed by atoms with Crippen molar-refractivity contribution in [3.8, 4) is 10.7 Å². The van der Waals surface area contributed by atoms with Crippen LogP contribution < -0.4 is 0 Å². The van der Waals surface area contributed by atoms with E-state index in [4.69, 9.17) is 4.42 Å². The van der Waals surface area contributed by atoms with Crippen LogP contribution in [0.5, 0.6) is 0 Å². The van der Waals surface area contributed by atoms with Gasteiger partial charge in [0, 0.05) is 17.5 Å². The van der Waals surface area contributed by atoms with E-state index in [1.54, 1.807) is 6.20 Å². The van der Waals surface area contributed by atoms with Crippen LogP contribution in [-0.4, -0.2) is 56.0 Å². The molecule has 5 heterocycles. The van der Waals surface area contributed by atoms with Crippen LogP contribution in [0.2, 0.25) is 0 Å². The van der Waals surface area contributed by atoms with Gasteiger partial charge in [-0.1, -0.05) is 11.3 Å². The zero-order valence-electron chi connectivity index (χ0n) is 17.4. The number of likely N-dealkylation sites (tertiary alicyclic amines) is 1. The highest BCUT2D eigenvalue weighted by atomic mass is 32.1. The van der Waals surface area contributed by atoms with Crippen LogP contribution in [0.25, 0.3) is 21.6 Å². The Morgan fingerprint density at radius 3 is 2.84 bits per heavy atom. The molecule has 1 fully saturated rings. The lowest BCUT2D eigenvalue weighted by Gasteiger charge is -2.26. The summed E-state index contributed by atoms with van der Waals surface area (Å²) in [5.41, 5.74) is 2.55. The smallest absolute Gasteiger partial charge is 0.197 e.